The molecule has 4 heteroatoms. The molecule has 16 heavy (non-hydrogen) atoms. The molecule has 0 saturated carbocycles. The molecule has 0 radical (unpaired) electrons. The summed E-state index contributed by atoms with van der Waals surface area (Å²) in [4.78, 5) is 11.8. The molecule has 0 fully saturated rings. The molecule has 1 aromatic rings. The van der Waals surface area contributed by atoms with Crippen LogP contribution in [0.4, 0.5) is 0 Å². The fraction of sp³-hybridized carbons (Fsp3) is 0.667. The highest BCUT2D eigenvalue weighted by atomic mass is 35.5. The molecule has 0 aliphatic rings. The van der Waals surface area contributed by atoms with Gasteiger partial charge in [0.05, 0.1) is 16.4 Å². The van der Waals surface area contributed by atoms with Crippen molar-refractivity contribution in [2.45, 2.75) is 40.5 Å². The summed E-state index contributed by atoms with van der Waals surface area (Å²) in [6.07, 6.45) is 1.18. The molecular weight excluding hydrogens is 224 g/mol. The second kappa shape index (κ2) is 4.58. The second-order valence-electron chi connectivity index (χ2n) is 5.14. The predicted molar refractivity (Wildman–Crippen MR) is 65.7 cm³/mol. The van der Waals surface area contributed by atoms with Gasteiger partial charge < -0.3 is 0 Å². The maximum Gasteiger partial charge on any atom is 0.138 e. The van der Waals surface area contributed by atoms with Crippen LogP contribution in [0.5, 0.6) is 0 Å². The number of aromatic nitrogens is 2. The second-order valence-corrected chi connectivity index (χ2v) is 5.52. The van der Waals surface area contributed by atoms with Gasteiger partial charge in [0.2, 0.25) is 0 Å². The standard InChI is InChI=1S/C12H19ClN2O/c1-8-11(13)9(15(5)14-8)6-7-10(16)12(2,3)4/h6-7H2,1-5H3. The molecule has 0 saturated heterocycles. The summed E-state index contributed by atoms with van der Waals surface area (Å²) in [5.74, 6) is 0.252. The number of carbonyl (C=O) groups excluding carboxylic acids is 1. The predicted octanol–water partition coefficient (Wildman–Crippen LogP) is 2.93. The number of halogens is 1. The Kier molecular flexibility index (Phi) is 3.79. The van der Waals surface area contributed by atoms with Crippen LogP contribution in [0.1, 0.15) is 38.6 Å². The Bertz CT molecular complexity index is 402. The van der Waals surface area contributed by atoms with E-state index in [-0.39, 0.29) is 11.2 Å². The maximum atomic E-state index is 11.8. The van der Waals surface area contributed by atoms with E-state index in [0.29, 0.717) is 17.9 Å². The van der Waals surface area contributed by atoms with Gasteiger partial charge in [-0.1, -0.05) is 32.4 Å². The Morgan fingerprint density at radius 1 is 1.44 bits per heavy atom. The van der Waals surface area contributed by atoms with Crippen LogP contribution in [0.25, 0.3) is 0 Å². The van der Waals surface area contributed by atoms with Gasteiger partial charge in [0.15, 0.2) is 0 Å². The van der Waals surface area contributed by atoms with Crippen LogP contribution in [-0.2, 0) is 18.3 Å². The minimum absolute atomic E-state index is 0.252. The van der Waals surface area contributed by atoms with E-state index in [4.69, 9.17) is 11.6 Å². The van der Waals surface area contributed by atoms with Crippen molar-refractivity contribution in [3.63, 3.8) is 0 Å². The molecule has 0 atom stereocenters. The first kappa shape index (κ1) is 13.2. The Hall–Kier alpha value is -0.830. The van der Waals surface area contributed by atoms with Crippen LogP contribution in [0.3, 0.4) is 0 Å². The Balaban J connectivity index is 2.72. The summed E-state index contributed by atoms with van der Waals surface area (Å²) in [5.41, 5.74) is 1.49. The van der Waals surface area contributed by atoms with Gasteiger partial charge in [0, 0.05) is 18.9 Å². The van der Waals surface area contributed by atoms with Gasteiger partial charge in [0.25, 0.3) is 0 Å². The lowest BCUT2D eigenvalue weighted by Crippen LogP contribution is -2.20. The zero-order chi connectivity index (χ0) is 12.5. The molecule has 3 nitrogen and oxygen atoms in total. The number of rotatable bonds is 3. The number of hydrogen-bond acceptors (Lipinski definition) is 2. The van der Waals surface area contributed by atoms with Crippen LogP contribution in [-0.4, -0.2) is 15.6 Å². The zero-order valence-corrected chi connectivity index (χ0v) is 11.4. The lowest BCUT2D eigenvalue weighted by Gasteiger charge is -2.16. The minimum Gasteiger partial charge on any atom is -0.299 e. The van der Waals surface area contributed by atoms with Gasteiger partial charge in [0.1, 0.15) is 5.78 Å². The van der Waals surface area contributed by atoms with E-state index in [1.165, 1.54) is 0 Å². The van der Waals surface area contributed by atoms with Gasteiger partial charge in [-0.25, -0.2) is 0 Å². The van der Waals surface area contributed by atoms with E-state index in [1.807, 2.05) is 34.7 Å². The molecular formula is C12H19ClN2O. The highest BCUT2D eigenvalue weighted by Crippen LogP contribution is 2.23. The van der Waals surface area contributed by atoms with Crippen molar-refractivity contribution in [1.82, 2.24) is 9.78 Å². The Labute approximate surface area is 102 Å². The number of ketones is 1. The van der Waals surface area contributed by atoms with Crippen molar-refractivity contribution in [3.05, 3.63) is 16.4 Å². The molecule has 1 rings (SSSR count). The molecule has 1 aromatic heterocycles. The van der Waals surface area contributed by atoms with Crippen molar-refractivity contribution < 1.29 is 4.79 Å². The van der Waals surface area contributed by atoms with Gasteiger partial charge in [-0.15, -0.1) is 0 Å². The number of hydrogen-bond donors (Lipinski definition) is 0. The molecule has 1 heterocycles. The van der Waals surface area contributed by atoms with E-state index in [9.17, 15) is 4.79 Å². The van der Waals surface area contributed by atoms with Crippen LogP contribution in [0, 0.1) is 12.3 Å². The molecule has 0 aliphatic heterocycles. The topological polar surface area (TPSA) is 34.9 Å². The average molecular weight is 243 g/mol. The molecule has 0 aliphatic carbocycles. The molecule has 0 amide bonds. The number of aryl methyl sites for hydroxylation is 2. The van der Waals surface area contributed by atoms with E-state index in [2.05, 4.69) is 5.10 Å². The first-order chi connectivity index (χ1) is 7.23. The van der Waals surface area contributed by atoms with E-state index >= 15 is 0 Å². The summed E-state index contributed by atoms with van der Waals surface area (Å²) in [5, 5.41) is 4.91. The molecule has 0 N–H and O–H groups in total. The average Bonchev–Trinajstić information content (AvgIpc) is 2.37. The largest absolute Gasteiger partial charge is 0.299 e. The third-order valence-corrected chi connectivity index (χ3v) is 3.18. The van der Waals surface area contributed by atoms with Gasteiger partial charge in [-0.2, -0.15) is 5.10 Å². The molecule has 0 bridgehead atoms. The van der Waals surface area contributed by atoms with E-state index < -0.39 is 0 Å². The van der Waals surface area contributed by atoms with Crippen molar-refractivity contribution in [3.8, 4) is 0 Å². The van der Waals surface area contributed by atoms with Crippen LogP contribution < -0.4 is 0 Å². The van der Waals surface area contributed by atoms with Gasteiger partial charge in [-0.3, -0.25) is 9.48 Å². The van der Waals surface area contributed by atoms with Crippen LogP contribution >= 0.6 is 11.6 Å². The number of carbonyl (C=O) groups is 1. The molecule has 90 valence electrons. The van der Waals surface area contributed by atoms with Crippen molar-refractivity contribution in [2.75, 3.05) is 0 Å². The third kappa shape index (κ3) is 2.85. The van der Waals surface area contributed by atoms with Crippen molar-refractivity contribution >= 4 is 17.4 Å². The van der Waals surface area contributed by atoms with Crippen molar-refractivity contribution in [2.24, 2.45) is 12.5 Å². The number of Topliss-reactive ketones (excluding diaryl/α,β-unsaturated/α-hetero) is 1. The SMILES string of the molecule is Cc1nn(C)c(CCC(=O)C(C)(C)C)c1Cl. The summed E-state index contributed by atoms with van der Waals surface area (Å²) >= 11 is 6.12. The van der Waals surface area contributed by atoms with Crippen LogP contribution in [0.15, 0.2) is 0 Å². The van der Waals surface area contributed by atoms with Crippen LogP contribution in [0.2, 0.25) is 5.02 Å². The van der Waals surface area contributed by atoms with E-state index in [1.54, 1.807) is 4.68 Å². The van der Waals surface area contributed by atoms with Gasteiger partial charge in [-0.05, 0) is 13.3 Å². The monoisotopic (exact) mass is 242 g/mol. The quantitative estimate of drug-likeness (QED) is 0.817. The fourth-order valence-corrected chi connectivity index (χ4v) is 1.81. The summed E-state index contributed by atoms with van der Waals surface area (Å²) < 4.78 is 1.76. The first-order valence-electron chi connectivity index (χ1n) is 5.44. The molecule has 0 spiro atoms. The minimum atomic E-state index is -0.278. The highest BCUT2D eigenvalue weighted by Gasteiger charge is 2.22. The molecule has 0 aromatic carbocycles. The summed E-state index contributed by atoms with van der Waals surface area (Å²) in [7, 11) is 1.86. The van der Waals surface area contributed by atoms with Gasteiger partial charge >= 0.3 is 0 Å². The Morgan fingerprint density at radius 3 is 2.38 bits per heavy atom. The molecule has 0 unspecified atom stereocenters. The third-order valence-electron chi connectivity index (χ3n) is 2.69. The maximum absolute atomic E-state index is 11.8. The zero-order valence-electron chi connectivity index (χ0n) is 10.6. The summed E-state index contributed by atoms with van der Waals surface area (Å²) in [6.45, 7) is 7.68. The fourth-order valence-electron chi connectivity index (χ4n) is 1.56. The summed E-state index contributed by atoms with van der Waals surface area (Å²) in [6, 6.07) is 0. The highest BCUT2D eigenvalue weighted by molar-refractivity contribution is 6.31. The smallest absolute Gasteiger partial charge is 0.138 e. The van der Waals surface area contributed by atoms with E-state index in [0.717, 1.165) is 11.4 Å². The normalized spacial score (nSPS) is 11.9. The Morgan fingerprint density at radius 2 is 2.00 bits per heavy atom. The first-order valence-corrected chi connectivity index (χ1v) is 5.82. The lowest BCUT2D eigenvalue weighted by molar-refractivity contribution is -0.126. The number of nitrogens with zero attached hydrogens (tertiary/aromatic N) is 2. The van der Waals surface area contributed by atoms with Crippen molar-refractivity contribution in [1.29, 1.82) is 0 Å². The lowest BCUT2D eigenvalue weighted by atomic mass is 9.88.